The summed E-state index contributed by atoms with van der Waals surface area (Å²) in [5.41, 5.74) is -0.505. The summed E-state index contributed by atoms with van der Waals surface area (Å²) in [5, 5.41) is 13.9. The Morgan fingerprint density at radius 3 is 2.54 bits per heavy atom. The average Bonchev–Trinajstić information content (AvgIpc) is 3.25. The number of carbonyl (C=O) groups excluding carboxylic acids is 1. The van der Waals surface area contributed by atoms with E-state index in [0.717, 1.165) is 17.5 Å². The second-order valence-corrected chi connectivity index (χ2v) is 10.4. The Morgan fingerprint density at radius 1 is 1.17 bits per heavy atom. The maximum absolute atomic E-state index is 14.3. The van der Waals surface area contributed by atoms with Crippen molar-refractivity contribution in [2.75, 3.05) is 23.7 Å². The third-order valence-electron chi connectivity index (χ3n) is 6.39. The predicted octanol–water partition coefficient (Wildman–Crippen LogP) is 3.71. The Labute approximate surface area is 207 Å². The second-order valence-electron chi connectivity index (χ2n) is 9.34. The van der Waals surface area contributed by atoms with Crippen molar-refractivity contribution in [3.05, 3.63) is 89.5 Å². The molecule has 2 N–H and O–H groups in total. The van der Waals surface area contributed by atoms with Crippen LogP contribution in [0.5, 0.6) is 0 Å². The molecule has 2 aliphatic rings. The van der Waals surface area contributed by atoms with Crippen molar-refractivity contribution in [1.29, 1.82) is 0 Å². The van der Waals surface area contributed by atoms with Gasteiger partial charge in [0.2, 0.25) is 5.95 Å². The van der Waals surface area contributed by atoms with Gasteiger partial charge in [0.05, 0.1) is 12.7 Å². The van der Waals surface area contributed by atoms with Crippen LogP contribution in [-0.2, 0) is 11.1 Å². The lowest BCUT2D eigenvalue weighted by molar-refractivity contribution is 0.0693. The lowest BCUT2D eigenvalue weighted by Crippen LogP contribution is -2.42. The SMILES string of the molecule is CC(C)(O)c1nc(N2C[C@H]3CSC(NC(=O)c4ccccc4)=N[C@@]3(c3ccccc3)C2)ncc1F. The second kappa shape index (κ2) is 9.05. The van der Waals surface area contributed by atoms with Gasteiger partial charge in [-0.15, -0.1) is 0 Å². The molecule has 9 heteroatoms. The highest BCUT2D eigenvalue weighted by atomic mass is 32.2. The molecule has 2 atom stereocenters. The number of rotatable bonds is 4. The number of benzene rings is 2. The molecule has 3 aromatic rings. The largest absolute Gasteiger partial charge is 0.384 e. The number of aliphatic imine (C=N–C) groups is 1. The van der Waals surface area contributed by atoms with Crippen LogP contribution in [0.15, 0.2) is 71.9 Å². The van der Waals surface area contributed by atoms with Crippen molar-refractivity contribution < 1.29 is 14.3 Å². The Bertz CT molecular complexity index is 1270. The minimum absolute atomic E-state index is 0.0418. The first-order valence-electron chi connectivity index (χ1n) is 11.4. The predicted molar refractivity (Wildman–Crippen MR) is 135 cm³/mol. The van der Waals surface area contributed by atoms with E-state index in [1.807, 2.05) is 53.4 Å². The number of nitrogens with zero attached hydrogens (tertiary/aromatic N) is 4. The van der Waals surface area contributed by atoms with Gasteiger partial charge in [0.1, 0.15) is 16.8 Å². The number of thioether (sulfide) groups is 1. The molecule has 0 aliphatic carbocycles. The fourth-order valence-corrected chi connectivity index (χ4v) is 5.78. The van der Waals surface area contributed by atoms with Crippen LogP contribution in [0.25, 0.3) is 0 Å². The smallest absolute Gasteiger partial charge is 0.257 e. The fraction of sp³-hybridized carbons (Fsp3) is 0.308. The van der Waals surface area contributed by atoms with E-state index in [4.69, 9.17) is 4.99 Å². The van der Waals surface area contributed by atoms with Gasteiger partial charge in [0.25, 0.3) is 5.91 Å². The summed E-state index contributed by atoms with van der Waals surface area (Å²) in [7, 11) is 0. The van der Waals surface area contributed by atoms with Gasteiger partial charge in [0.15, 0.2) is 11.0 Å². The number of carbonyl (C=O) groups is 1. The molecule has 0 radical (unpaired) electrons. The van der Waals surface area contributed by atoms with Gasteiger partial charge in [-0.3, -0.25) is 4.79 Å². The molecule has 2 aliphatic heterocycles. The number of amides is 1. The number of hydrogen-bond acceptors (Lipinski definition) is 7. The third kappa shape index (κ3) is 4.53. The van der Waals surface area contributed by atoms with Crippen molar-refractivity contribution in [3.8, 4) is 0 Å². The lowest BCUT2D eigenvalue weighted by atomic mass is 9.82. The Kier molecular flexibility index (Phi) is 6.06. The summed E-state index contributed by atoms with van der Waals surface area (Å²) >= 11 is 1.51. The molecule has 0 unspecified atom stereocenters. The number of anilines is 1. The quantitative estimate of drug-likeness (QED) is 0.578. The zero-order chi connectivity index (χ0) is 24.6. The summed E-state index contributed by atoms with van der Waals surface area (Å²) in [5.74, 6) is 0.355. The molecule has 5 rings (SSSR count). The molecular weight excluding hydrogens is 465 g/mol. The van der Waals surface area contributed by atoms with Crippen molar-refractivity contribution in [3.63, 3.8) is 0 Å². The first kappa shape index (κ1) is 23.4. The molecule has 1 saturated heterocycles. The zero-order valence-corrected chi connectivity index (χ0v) is 20.3. The highest BCUT2D eigenvalue weighted by Crippen LogP contribution is 2.46. The van der Waals surface area contributed by atoms with E-state index >= 15 is 0 Å². The lowest BCUT2D eigenvalue weighted by Gasteiger charge is -2.35. The summed E-state index contributed by atoms with van der Waals surface area (Å²) in [4.78, 5) is 28.5. The minimum atomic E-state index is -1.44. The van der Waals surface area contributed by atoms with E-state index in [9.17, 15) is 14.3 Å². The van der Waals surface area contributed by atoms with Crippen molar-refractivity contribution in [1.82, 2.24) is 15.3 Å². The normalized spacial score (nSPS) is 21.9. The maximum atomic E-state index is 14.3. The molecule has 3 heterocycles. The Balaban J connectivity index is 1.50. The molecule has 0 bridgehead atoms. The summed E-state index contributed by atoms with van der Waals surface area (Å²) in [6.45, 7) is 4.08. The van der Waals surface area contributed by atoms with Crippen molar-refractivity contribution in [2.45, 2.75) is 25.0 Å². The first-order chi connectivity index (χ1) is 16.8. The number of aromatic nitrogens is 2. The number of halogens is 1. The van der Waals surface area contributed by atoms with Crippen molar-refractivity contribution in [2.24, 2.45) is 10.9 Å². The van der Waals surface area contributed by atoms with Crippen LogP contribution in [0.4, 0.5) is 10.3 Å². The number of amidine groups is 1. The van der Waals surface area contributed by atoms with Gasteiger partial charge in [-0.25, -0.2) is 19.4 Å². The van der Waals surface area contributed by atoms with E-state index in [1.165, 1.54) is 25.6 Å². The summed E-state index contributed by atoms with van der Waals surface area (Å²) in [6, 6.07) is 19.0. The van der Waals surface area contributed by atoms with Gasteiger partial charge in [-0.2, -0.15) is 0 Å². The van der Waals surface area contributed by atoms with E-state index in [1.54, 1.807) is 12.1 Å². The molecule has 35 heavy (non-hydrogen) atoms. The van der Waals surface area contributed by atoms with Crippen LogP contribution in [0.2, 0.25) is 0 Å². The molecule has 1 aromatic heterocycles. The summed E-state index contributed by atoms with van der Waals surface area (Å²) in [6.07, 6.45) is 1.11. The molecule has 180 valence electrons. The van der Waals surface area contributed by atoms with Gasteiger partial charge >= 0.3 is 0 Å². The number of aliphatic hydroxyl groups is 1. The Hall–Kier alpha value is -3.30. The molecule has 0 spiro atoms. The van der Waals surface area contributed by atoms with Crippen LogP contribution in [-0.4, -0.2) is 45.0 Å². The third-order valence-corrected chi connectivity index (χ3v) is 7.43. The topological polar surface area (TPSA) is 90.7 Å². The standard InChI is InChI=1S/C26H26FN5O2S/c1-25(2,34)21-20(27)13-28-23(29-21)32-14-19-15-35-24(30-22(33)17-9-5-3-6-10-17)31-26(19,16-32)18-11-7-4-8-12-18/h3-13,19,34H,14-16H2,1-2H3,(H,30,31,33)/t19-,26+/m0/s1. The van der Waals surface area contributed by atoms with Crippen LogP contribution in [0, 0.1) is 11.7 Å². The van der Waals surface area contributed by atoms with Gasteiger partial charge in [0, 0.05) is 23.8 Å². The molecule has 2 aromatic carbocycles. The van der Waals surface area contributed by atoms with Crippen LogP contribution in [0.1, 0.15) is 35.5 Å². The van der Waals surface area contributed by atoms with Gasteiger partial charge in [-0.05, 0) is 31.5 Å². The average molecular weight is 492 g/mol. The van der Waals surface area contributed by atoms with E-state index in [0.29, 0.717) is 29.8 Å². The fourth-order valence-electron chi connectivity index (χ4n) is 4.64. The van der Waals surface area contributed by atoms with E-state index < -0.39 is 17.0 Å². The highest BCUT2D eigenvalue weighted by Gasteiger charge is 2.51. The highest BCUT2D eigenvalue weighted by molar-refractivity contribution is 8.13. The number of hydrogen-bond donors (Lipinski definition) is 2. The van der Waals surface area contributed by atoms with E-state index in [2.05, 4.69) is 15.3 Å². The van der Waals surface area contributed by atoms with Gasteiger partial charge in [-0.1, -0.05) is 60.3 Å². The van der Waals surface area contributed by atoms with Crippen LogP contribution >= 0.6 is 11.8 Å². The van der Waals surface area contributed by atoms with Crippen LogP contribution < -0.4 is 10.2 Å². The van der Waals surface area contributed by atoms with Gasteiger partial charge < -0.3 is 15.3 Å². The van der Waals surface area contributed by atoms with Crippen LogP contribution in [0.3, 0.4) is 0 Å². The number of nitrogens with one attached hydrogen (secondary N) is 1. The number of fused-ring (bicyclic) bond motifs is 1. The summed E-state index contributed by atoms with van der Waals surface area (Å²) < 4.78 is 14.3. The van der Waals surface area contributed by atoms with E-state index in [-0.39, 0.29) is 17.5 Å². The molecule has 1 amide bonds. The first-order valence-corrected chi connectivity index (χ1v) is 12.4. The zero-order valence-electron chi connectivity index (χ0n) is 19.5. The minimum Gasteiger partial charge on any atom is -0.384 e. The monoisotopic (exact) mass is 491 g/mol. The molecule has 1 fully saturated rings. The molecule has 7 nitrogen and oxygen atoms in total. The Morgan fingerprint density at radius 2 is 1.86 bits per heavy atom. The molecular formula is C26H26FN5O2S. The maximum Gasteiger partial charge on any atom is 0.257 e. The van der Waals surface area contributed by atoms with Crippen molar-refractivity contribution >= 4 is 28.8 Å². The molecule has 0 saturated carbocycles.